The van der Waals surface area contributed by atoms with E-state index in [0.717, 1.165) is 18.8 Å². The van der Waals surface area contributed by atoms with Gasteiger partial charge in [-0.3, -0.25) is 0 Å². The molecule has 1 fully saturated rings. The van der Waals surface area contributed by atoms with E-state index >= 15 is 0 Å². The van der Waals surface area contributed by atoms with Gasteiger partial charge >= 0.3 is 0 Å². The number of nitrogens with two attached hydrogens (primary N) is 1. The van der Waals surface area contributed by atoms with Gasteiger partial charge in [0.1, 0.15) is 5.75 Å². The van der Waals surface area contributed by atoms with E-state index in [9.17, 15) is 0 Å². The molecule has 126 valence electrons. The van der Waals surface area contributed by atoms with Crippen molar-refractivity contribution in [3.63, 3.8) is 0 Å². The van der Waals surface area contributed by atoms with E-state index in [1.807, 2.05) is 11.8 Å². The fraction of sp³-hybridized carbons (Fsp3) is 0.684. The van der Waals surface area contributed by atoms with Crippen LogP contribution in [0.1, 0.15) is 51.5 Å². The minimum Gasteiger partial charge on any atom is -0.493 e. The Hall–Kier alpha value is -0.670. The Morgan fingerprint density at radius 2 is 1.73 bits per heavy atom. The minimum absolute atomic E-state index is 0.393. The molecule has 1 aliphatic carbocycles. The fourth-order valence-electron chi connectivity index (χ4n) is 2.94. The summed E-state index contributed by atoms with van der Waals surface area (Å²) in [7, 11) is 1.50. The first-order valence-corrected chi connectivity index (χ1v) is 9.72. The normalized spacial score (nSPS) is 18.0. The molecule has 1 aromatic rings. The molecule has 1 aliphatic rings. The van der Waals surface area contributed by atoms with E-state index in [2.05, 4.69) is 50.1 Å². The Bertz CT molecular complexity index is 398. The molecule has 1 atom stereocenters. The molecule has 0 amide bonds. The number of rotatable bonds is 6. The van der Waals surface area contributed by atoms with Crippen molar-refractivity contribution in [2.45, 2.75) is 57.6 Å². The summed E-state index contributed by atoms with van der Waals surface area (Å²) >= 11 is 1.92. The lowest BCUT2D eigenvalue weighted by molar-refractivity contribution is 0.116. The Balaban J connectivity index is 0.00000116. The van der Waals surface area contributed by atoms with Gasteiger partial charge in [0.15, 0.2) is 0 Å². The Morgan fingerprint density at radius 1 is 1.14 bits per heavy atom. The van der Waals surface area contributed by atoms with E-state index in [-0.39, 0.29) is 0 Å². The van der Waals surface area contributed by atoms with Crippen LogP contribution in [0.4, 0.5) is 0 Å². The summed E-state index contributed by atoms with van der Waals surface area (Å²) in [5.74, 6) is 1.03. The fourth-order valence-corrected chi connectivity index (χ4v) is 3.30. The maximum absolute atomic E-state index is 6.03. The molecule has 0 radical (unpaired) electrons. The van der Waals surface area contributed by atoms with Crippen LogP contribution < -0.4 is 10.5 Å². The van der Waals surface area contributed by atoms with E-state index in [1.54, 1.807) is 0 Å². The molecule has 22 heavy (non-hydrogen) atoms. The number of hydrogen-bond donors (Lipinski definition) is 1. The van der Waals surface area contributed by atoms with Crippen LogP contribution in [0, 0.1) is 5.41 Å². The smallest absolute Gasteiger partial charge is 0.119 e. The van der Waals surface area contributed by atoms with E-state index in [1.165, 1.54) is 44.7 Å². The lowest BCUT2D eigenvalue weighted by atomic mass is 9.76. The van der Waals surface area contributed by atoms with Crippen molar-refractivity contribution >= 4 is 11.8 Å². The van der Waals surface area contributed by atoms with Gasteiger partial charge in [-0.2, -0.15) is 11.8 Å². The molecule has 0 aliphatic heterocycles. The first-order valence-electron chi connectivity index (χ1n) is 8.44. The molecule has 0 saturated heterocycles. The number of thioether (sulfide) groups is 1. The van der Waals surface area contributed by atoms with Crippen molar-refractivity contribution in [2.75, 3.05) is 19.9 Å². The van der Waals surface area contributed by atoms with Crippen LogP contribution in [-0.4, -0.2) is 25.2 Å². The average molecular weight is 324 g/mol. The highest BCUT2D eigenvalue weighted by Gasteiger charge is 2.27. The van der Waals surface area contributed by atoms with Crippen LogP contribution in [0.15, 0.2) is 24.3 Å². The van der Waals surface area contributed by atoms with Gasteiger partial charge in [0.25, 0.3) is 0 Å². The van der Waals surface area contributed by atoms with Crippen LogP contribution in [0.3, 0.4) is 0 Å². The van der Waals surface area contributed by atoms with Crippen molar-refractivity contribution in [3.8, 4) is 5.75 Å². The third-order valence-corrected chi connectivity index (χ3v) is 5.47. The Kier molecular flexibility index (Phi) is 8.96. The third kappa shape index (κ3) is 6.62. The molecule has 0 aromatic heterocycles. The number of benzene rings is 1. The lowest BCUT2D eigenvalue weighted by Gasteiger charge is -2.33. The highest BCUT2D eigenvalue weighted by Crippen LogP contribution is 2.36. The molecule has 1 unspecified atom stereocenters. The maximum atomic E-state index is 6.03. The van der Waals surface area contributed by atoms with Crippen LogP contribution in [0.5, 0.6) is 5.75 Å². The Labute approximate surface area is 141 Å². The second-order valence-electron chi connectivity index (χ2n) is 6.55. The van der Waals surface area contributed by atoms with Gasteiger partial charge in [-0.15, -0.1) is 0 Å². The van der Waals surface area contributed by atoms with Crippen LogP contribution >= 0.6 is 11.8 Å². The zero-order valence-electron chi connectivity index (χ0n) is 14.7. The molecule has 0 heterocycles. The van der Waals surface area contributed by atoms with Crippen LogP contribution in [0.25, 0.3) is 0 Å². The van der Waals surface area contributed by atoms with Crippen molar-refractivity contribution in [2.24, 2.45) is 11.1 Å². The van der Waals surface area contributed by atoms with Gasteiger partial charge in [-0.25, -0.2) is 0 Å². The maximum Gasteiger partial charge on any atom is 0.119 e. The first-order chi connectivity index (χ1) is 10.6. The lowest BCUT2D eigenvalue weighted by Crippen LogP contribution is -2.27. The monoisotopic (exact) mass is 323 g/mol. The van der Waals surface area contributed by atoms with Crippen LogP contribution in [-0.2, 0) is 6.42 Å². The molecule has 3 heteroatoms. The van der Waals surface area contributed by atoms with Crippen molar-refractivity contribution < 1.29 is 4.74 Å². The molecular formula is C19H33NOS. The minimum atomic E-state index is 0.393. The summed E-state index contributed by atoms with van der Waals surface area (Å²) in [6.07, 6.45) is 10.1. The van der Waals surface area contributed by atoms with Gasteiger partial charge < -0.3 is 10.5 Å². The molecule has 1 saturated carbocycles. The van der Waals surface area contributed by atoms with Crippen molar-refractivity contribution in [1.29, 1.82) is 0 Å². The standard InChI is InChI=1S/C18H28OS.CH5N/c1-15(20-3)13-16-7-9-17(10-8-16)19-14-18(2)11-5-4-6-12-18;1-2/h7-10,15H,4-6,11-14H2,1-3H3;2H2,1H3. The number of ether oxygens (including phenoxy) is 1. The molecule has 0 spiro atoms. The topological polar surface area (TPSA) is 35.2 Å². The molecule has 2 nitrogen and oxygen atoms in total. The van der Waals surface area contributed by atoms with E-state index in [4.69, 9.17) is 4.74 Å². The van der Waals surface area contributed by atoms with Gasteiger partial charge in [-0.05, 0) is 50.3 Å². The molecule has 2 rings (SSSR count). The molecule has 1 aromatic carbocycles. The second-order valence-corrected chi connectivity index (χ2v) is 7.83. The predicted octanol–water partition coefficient (Wildman–Crippen LogP) is 4.90. The highest BCUT2D eigenvalue weighted by molar-refractivity contribution is 7.99. The second kappa shape index (κ2) is 10.2. The third-order valence-electron chi connectivity index (χ3n) is 4.50. The van der Waals surface area contributed by atoms with E-state index in [0.29, 0.717) is 10.7 Å². The van der Waals surface area contributed by atoms with Crippen molar-refractivity contribution in [1.82, 2.24) is 0 Å². The Morgan fingerprint density at radius 3 is 2.27 bits per heavy atom. The SMILES string of the molecule is CN.CSC(C)Cc1ccc(OCC2(C)CCCCC2)cc1. The average Bonchev–Trinajstić information content (AvgIpc) is 2.57. The molecule has 2 N–H and O–H groups in total. The van der Waals surface area contributed by atoms with Gasteiger partial charge in [-0.1, -0.05) is 45.2 Å². The molecule has 0 bridgehead atoms. The van der Waals surface area contributed by atoms with Crippen LogP contribution in [0.2, 0.25) is 0 Å². The highest BCUT2D eigenvalue weighted by atomic mass is 32.2. The first kappa shape index (κ1) is 19.4. The summed E-state index contributed by atoms with van der Waals surface area (Å²) in [5, 5.41) is 0.683. The predicted molar refractivity (Wildman–Crippen MR) is 99.9 cm³/mol. The van der Waals surface area contributed by atoms with Gasteiger partial charge in [0, 0.05) is 10.7 Å². The number of hydrogen-bond acceptors (Lipinski definition) is 3. The molecular weight excluding hydrogens is 290 g/mol. The largest absolute Gasteiger partial charge is 0.493 e. The summed E-state index contributed by atoms with van der Waals surface area (Å²) in [4.78, 5) is 0. The van der Waals surface area contributed by atoms with Gasteiger partial charge in [0.2, 0.25) is 0 Å². The van der Waals surface area contributed by atoms with Crippen molar-refractivity contribution in [3.05, 3.63) is 29.8 Å². The summed E-state index contributed by atoms with van der Waals surface area (Å²) < 4.78 is 6.03. The summed E-state index contributed by atoms with van der Waals surface area (Å²) in [6, 6.07) is 8.69. The zero-order valence-corrected chi connectivity index (χ0v) is 15.5. The van der Waals surface area contributed by atoms with Gasteiger partial charge in [0.05, 0.1) is 6.61 Å². The summed E-state index contributed by atoms with van der Waals surface area (Å²) in [6.45, 7) is 5.52. The summed E-state index contributed by atoms with van der Waals surface area (Å²) in [5.41, 5.74) is 6.30. The zero-order chi connectivity index (χ0) is 16.4. The van der Waals surface area contributed by atoms with E-state index < -0.39 is 0 Å². The quantitative estimate of drug-likeness (QED) is 0.808.